The van der Waals surface area contributed by atoms with Crippen molar-refractivity contribution in [2.45, 2.75) is 51.2 Å². The first-order valence-corrected chi connectivity index (χ1v) is 15.7. The minimum Gasteiger partial charge on any atom is -0.455 e. The fourth-order valence-electron chi connectivity index (χ4n) is 5.22. The van der Waals surface area contributed by atoms with E-state index < -0.39 is 12.0 Å². The number of ether oxygens (including phenoxy) is 1. The zero-order valence-electron chi connectivity index (χ0n) is 26.1. The lowest BCUT2D eigenvalue weighted by Crippen LogP contribution is -2.39. The van der Waals surface area contributed by atoms with Gasteiger partial charge >= 0.3 is 5.97 Å². The second-order valence-corrected chi connectivity index (χ2v) is 11.1. The number of carbonyl (C=O) groups excluding carboxylic acids is 3. The topological polar surface area (TPSA) is 95.9 Å². The van der Waals surface area contributed by atoms with Crippen molar-refractivity contribution in [2.24, 2.45) is 11.8 Å². The van der Waals surface area contributed by atoms with Gasteiger partial charge < -0.3 is 20.1 Å². The fraction of sp³-hybridized carbons (Fsp3) is 0.342. The number of allylic oxidation sites excluding steroid dienone is 2. The van der Waals surface area contributed by atoms with Crippen LogP contribution in [0.3, 0.4) is 0 Å². The summed E-state index contributed by atoms with van der Waals surface area (Å²) in [7, 11) is 0. The lowest BCUT2D eigenvalue weighted by atomic mass is 9.94. The normalized spacial score (nSPS) is 12.7. The number of unbranched alkanes of at least 4 members (excludes halogenated alkanes) is 1. The molecular formula is C38H46N2O5. The smallest absolute Gasteiger partial charge is 0.309 e. The number of esters is 1. The van der Waals surface area contributed by atoms with Gasteiger partial charge in [0.05, 0.1) is 25.0 Å². The van der Waals surface area contributed by atoms with Crippen molar-refractivity contribution in [2.75, 3.05) is 19.7 Å². The van der Waals surface area contributed by atoms with Gasteiger partial charge in [0.25, 0.3) is 0 Å². The number of hydrogen-bond donors (Lipinski definition) is 2. The number of aliphatic hydroxyl groups is 1. The van der Waals surface area contributed by atoms with Crippen LogP contribution in [0.1, 0.15) is 54.9 Å². The zero-order chi connectivity index (χ0) is 32.3. The maximum Gasteiger partial charge on any atom is 0.309 e. The Bertz CT molecular complexity index is 1330. The molecule has 7 nitrogen and oxygen atoms in total. The Balaban J connectivity index is 1.70. The van der Waals surface area contributed by atoms with Gasteiger partial charge in [-0.1, -0.05) is 103 Å². The predicted molar refractivity (Wildman–Crippen MR) is 178 cm³/mol. The Morgan fingerprint density at radius 2 is 1.47 bits per heavy atom. The number of amides is 2. The van der Waals surface area contributed by atoms with E-state index in [0.29, 0.717) is 25.8 Å². The summed E-state index contributed by atoms with van der Waals surface area (Å²) in [6.45, 7) is 7.97. The van der Waals surface area contributed by atoms with E-state index in [9.17, 15) is 19.5 Å². The Labute approximate surface area is 267 Å². The zero-order valence-corrected chi connectivity index (χ0v) is 26.1. The molecule has 2 N–H and O–H groups in total. The van der Waals surface area contributed by atoms with Crippen LogP contribution in [0, 0.1) is 11.8 Å². The third-order valence-corrected chi connectivity index (χ3v) is 7.69. The van der Waals surface area contributed by atoms with Crippen molar-refractivity contribution < 1.29 is 24.2 Å². The molecule has 0 aliphatic rings. The monoisotopic (exact) mass is 610 g/mol. The number of rotatable bonds is 20. The average Bonchev–Trinajstić information content (AvgIpc) is 3.07. The molecule has 3 aromatic carbocycles. The number of nitrogens with zero attached hydrogens (tertiary/aromatic N) is 1. The van der Waals surface area contributed by atoms with E-state index in [-0.39, 0.29) is 49.8 Å². The molecule has 0 aliphatic heterocycles. The fourth-order valence-corrected chi connectivity index (χ4v) is 5.22. The third-order valence-electron chi connectivity index (χ3n) is 7.69. The molecule has 0 bridgehead atoms. The molecule has 3 aromatic rings. The molecule has 0 aliphatic carbocycles. The van der Waals surface area contributed by atoms with Crippen LogP contribution in [-0.4, -0.2) is 47.5 Å². The van der Waals surface area contributed by atoms with Crippen LogP contribution in [0.5, 0.6) is 0 Å². The Morgan fingerprint density at radius 3 is 2.07 bits per heavy atom. The summed E-state index contributed by atoms with van der Waals surface area (Å²) in [6, 6.07) is 28.8. The summed E-state index contributed by atoms with van der Waals surface area (Å²) in [5.74, 6) is -1.88. The van der Waals surface area contributed by atoms with Crippen molar-refractivity contribution in [3.8, 4) is 0 Å². The van der Waals surface area contributed by atoms with Crippen molar-refractivity contribution in [3.05, 3.63) is 133 Å². The Morgan fingerprint density at radius 1 is 0.844 bits per heavy atom. The van der Waals surface area contributed by atoms with Crippen LogP contribution >= 0.6 is 0 Å². The van der Waals surface area contributed by atoms with Gasteiger partial charge in [-0.05, 0) is 48.8 Å². The van der Waals surface area contributed by atoms with Gasteiger partial charge in [0.1, 0.15) is 6.10 Å². The molecule has 238 valence electrons. The van der Waals surface area contributed by atoms with Crippen LogP contribution in [0.15, 0.2) is 116 Å². The van der Waals surface area contributed by atoms with E-state index in [4.69, 9.17) is 4.74 Å². The van der Waals surface area contributed by atoms with Crippen LogP contribution in [0.4, 0.5) is 0 Å². The van der Waals surface area contributed by atoms with Crippen LogP contribution in [0.25, 0.3) is 0 Å². The van der Waals surface area contributed by atoms with Crippen LogP contribution in [0.2, 0.25) is 0 Å². The van der Waals surface area contributed by atoms with Crippen molar-refractivity contribution in [1.82, 2.24) is 10.2 Å². The number of hydrogen-bond acceptors (Lipinski definition) is 5. The van der Waals surface area contributed by atoms with Gasteiger partial charge in [-0.3, -0.25) is 14.4 Å². The van der Waals surface area contributed by atoms with Gasteiger partial charge in [0, 0.05) is 19.5 Å². The second-order valence-electron chi connectivity index (χ2n) is 11.1. The maximum atomic E-state index is 13.6. The molecule has 45 heavy (non-hydrogen) atoms. The van der Waals surface area contributed by atoms with Crippen molar-refractivity contribution in [3.63, 3.8) is 0 Å². The number of aliphatic hydroxyl groups excluding tert-OH is 1. The van der Waals surface area contributed by atoms with E-state index in [0.717, 1.165) is 29.5 Å². The number of nitrogens with one attached hydrogen (secondary N) is 1. The van der Waals surface area contributed by atoms with Gasteiger partial charge in [-0.15, -0.1) is 13.2 Å². The predicted octanol–water partition coefficient (Wildman–Crippen LogP) is 6.21. The molecule has 0 aromatic heterocycles. The quantitative estimate of drug-likeness (QED) is 0.0902. The molecule has 2 amide bonds. The van der Waals surface area contributed by atoms with Crippen molar-refractivity contribution >= 4 is 17.8 Å². The summed E-state index contributed by atoms with van der Waals surface area (Å²) < 4.78 is 6.11. The van der Waals surface area contributed by atoms with Gasteiger partial charge in [0.15, 0.2) is 0 Å². The maximum absolute atomic E-state index is 13.6. The summed E-state index contributed by atoms with van der Waals surface area (Å²) in [6.07, 6.45) is 5.87. The minimum absolute atomic E-state index is 0.0388. The molecule has 0 fully saturated rings. The molecule has 7 heteroatoms. The molecule has 3 atom stereocenters. The molecular weight excluding hydrogens is 564 g/mol. The summed E-state index contributed by atoms with van der Waals surface area (Å²) >= 11 is 0. The van der Waals surface area contributed by atoms with Crippen molar-refractivity contribution in [1.29, 1.82) is 0 Å². The summed E-state index contributed by atoms with van der Waals surface area (Å²) in [5, 5.41) is 12.5. The molecule has 0 heterocycles. The van der Waals surface area contributed by atoms with Gasteiger partial charge in [-0.2, -0.15) is 0 Å². The third kappa shape index (κ3) is 12.2. The minimum atomic E-state index is -0.704. The number of benzene rings is 3. The van der Waals surface area contributed by atoms with Crippen LogP contribution < -0.4 is 5.32 Å². The lowest BCUT2D eigenvalue weighted by molar-refractivity contribution is -0.155. The lowest BCUT2D eigenvalue weighted by Gasteiger charge is -2.26. The van der Waals surface area contributed by atoms with Crippen LogP contribution in [-0.2, 0) is 32.1 Å². The van der Waals surface area contributed by atoms with Gasteiger partial charge in [0.2, 0.25) is 11.8 Å². The highest BCUT2D eigenvalue weighted by Gasteiger charge is 2.28. The summed E-state index contributed by atoms with van der Waals surface area (Å²) in [5.41, 5.74) is 2.76. The molecule has 0 unspecified atom stereocenters. The molecule has 0 saturated heterocycles. The van der Waals surface area contributed by atoms with E-state index in [2.05, 4.69) is 18.5 Å². The Kier molecular flexibility index (Phi) is 15.3. The SMILES string of the molecule is C=CCCC[C@H](Cc1ccccc1)C(=O)O[C@H](CNC(=O)[C@@H](CC=C)CC(=O)N(CCO)Cc1ccccc1)c1ccccc1. The van der Waals surface area contributed by atoms with E-state index in [1.807, 2.05) is 97.1 Å². The second kappa shape index (κ2) is 19.7. The Hall–Kier alpha value is -4.49. The van der Waals surface area contributed by atoms with E-state index >= 15 is 0 Å². The highest BCUT2D eigenvalue weighted by molar-refractivity contribution is 5.86. The molecule has 0 spiro atoms. The average molecular weight is 611 g/mol. The standard InChI is InChI=1S/C38H46N2O5/c1-3-5-9-23-34(26-30-17-10-6-11-18-30)38(44)45-35(32-21-14-8-15-22-32)28-39-37(43)33(16-4-2)27-36(42)40(24-25-41)29-31-19-12-7-13-20-31/h3-4,6-8,10-15,17-22,33-35,41H,1-2,5,9,16,23-29H2,(H,39,43)/t33-,34+,35+/m0/s1. The molecule has 0 saturated carbocycles. The van der Waals surface area contributed by atoms with E-state index in [1.165, 1.54) is 0 Å². The first-order valence-electron chi connectivity index (χ1n) is 15.7. The molecule has 0 radical (unpaired) electrons. The number of carbonyl (C=O) groups is 3. The highest BCUT2D eigenvalue weighted by Crippen LogP contribution is 2.24. The first kappa shape index (κ1) is 35.0. The first-order chi connectivity index (χ1) is 21.9. The summed E-state index contributed by atoms with van der Waals surface area (Å²) in [4.78, 5) is 41.9. The highest BCUT2D eigenvalue weighted by atomic mass is 16.5. The largest absolute Gasteiger partial charge is 0.455 e. The van der Waals surface area contributed by atoms with Gasteiger partial charge in [-0.25, -0.2) is 0 Å². The molecule has 3 rings (SSSR count). The van der Waals surface area contributed by atoms with E-state index in [1.54, 1.807) is 11.0 Å².